The highest BCUT2D eigenvalue weighted by molar-refractivity contribution is 9.10. The van der Waals surface area contributed by atoms with E-state index in [0.717, 1.165) is 38.6 Å². The number of nitrogens with zero attached hydrogens (tertiary/aromatic N) is 1. The van der Waals surface area contributed by atoms with Crippen LogP contribution < -0.4 is 10.1 Å². The van der Waals surface area contributed by atoms with Gasteiger partial charge in [-0.1, -0.05) is 15.9 Å². The standard InChI is InChI=1S/C14H17BrN2OS/c1-9-4-12(15)5-11(6-16-3)14(9)18-7-13-17-10(2)8-19-13/h4-5,8,16H,6-7H2,1-3H3. The van der Waals surface area contributed by atoms with E-state index in [4.69, 9.17) is 4.74 Å². The molecule has 1 N–H and O–H groups in total. The van der Waals surface area contributed by atoms with Crippen molar-refractivity contribution in [2.24, 2.45) is 0 Å². The molecule has 2 aromatic rings. The number of hydrogen-bond donors (Lipinski definition) is 1. The van der Waals surface area contributed by atoms with E-state index in [0.29, 0.717) is 6.61 Å². The summed E-state index contributed by atoms with van der Waals surface area (Å²) in [6.07, 6.45) is 0. The first-order chi connectivity index (χ1) is 9.10. The summed E-state index contributed by atoms with van der Waals surface area (Å²) in [5.41, 5.74) is 3.34. The van der Waals surface area contributed by atoms with Gasteiger partial charge in [-0.05, 0) is 38.6 Å². The van der Waals surface area contributed by atoms with Crippen LogP contribution in [0.1, 0.15) is 21.8 Å². The van der Waals surface area contributed by atoms with E-state index in [9.17, 15) is 0 Å². The van der Waals surface area contributed by atoms with Gasteiger partial charge < -0.3 is 10.1 Å². The Hall–Kier alpha value is -0.910. The van der Waals surface area contributed by atoms with Crippen LogP contribution in [0, 0.1) is 13.8 Å². The molecule has 0 radical (unpaired) electrons. The zero-order chi connectivity index (χ0) is 13.8. The van der Waals surface area contributed by atoms with Crippen molar-refractivity contribution in [3.63, 3.8) is 0 Å². The Labute approximate surface area is 126 Å². The van der Waals surface area contributed by atoms with Crippen molar-refractivity contribution in [1.82, 2.24) is 10.3 Å². The third kappa shape index (κ3) is 3.78. The molecule has 0 saturated carbocycles. The summed E-state index contributed by atoms with van der Waals surface area (Å²) in [6, 6.07) is 4.16. The van der Waals surface area contributed by atoms with Crippen molar-refractivity contribution in [3.05, 3.63) is 43.8 Å². The van der Waals surface area contributed by atoms with Gasteiger partial charge in [0.1, 0.15) is 17.4 Å². The Morgan fingerprint density at radius 1 is 1.37 bits per heavy atom. The van der Waals surface area contributed by atoms with Gasteiger partial charge in [-0.3, -0.25) is 0 Å². The molecule has 102 valence electrons. The maximum absolute atomic E-state index is 5.96. The van der Waals surface area contributed by atoms with Crippen molar-refractivity contribution >= 4 is 27.3 Å². The molecule has 1 heterocycles. The molecule has 0 amide bonds. The molecule has 0 unspecified atom stereocenters. The van der Waals surface area contributed by atoms with Gasteiger partial charge >= 0.3 is 0 Å². The van der Waals surface area contributed by atoms with Crippen molar-refractivity contribution in [2.75, 3.05) is 7.05 Å². The van der Waals surface area contributed by atoms with Crippen LogP contribution in [0.5, 0.6) is 5.75 Å². The van der Waals surface area contributed by atoms with Crippen molar-refractivity contribution < 1.29 is 4.74 Å². The Bertz CT molecular complexity index is 569. The molecule has 19 heavy (non-hydrogen) atoms. The molecule has 0 atom stereocenters. The van der Waals surface area contributed by atoms with Crippen molar-refractivity contribution in [3.8, 4) is 5.75 Å². The highest BCUT2D eigenvalue weighted by Gasteiger charge is 2.10. The van der Waals surface area contributed by atoms with Crippen LogP contribution in [-0.4, -0.2) is 12.0 Å². The van der Waals surface area contributed by atoms with Gasteiger partial charge in [-0.2, -0.15) is 0 Å². The first kappa shape index (κ1) is 14.5. The minimum Gasteiger partial charge on any atom is -0.486 e. The SMILES string of the molecule is CNCc1cc(Br)cc(C)c1OCc1nc(C)cs1. The van der Waals surface area contributed by atoms with Gasteiger partial charge in [0.05, 0.1) is 0 Å². The van der Waals surface area contributed by atoms with Gasteiger partial charge in [-0.25, -0.2) is 4.98 Å². The Kier molecular flexibility index (Phi) is 4.96. The zero-order valence-electron chi connectivity index (χ0n) is 11.3. The topological polar surface area (TPSA) is 34.1 Å². The van der Waals surface area contributed by atoms with Crippen LogP contribution in [-0.2, 0) is 13.2 Å². The summed E-state index contributed by atoms with van der Waals surface area (Å²) in [7, 11) is 1.93. The summed E-state index contributed by atoms with van der Waals surface area (Å²) in [5.74, 6) is 0.949. The highest BCUT2D eigenvalue weighted by Crippen LogP contribution is 2.29. The summed E-state index contributed by atoms with van der Waals surface area (Å²) in [5, 5.41) is 6.22. The third-order valence-electron chi connectivity index (χ3n) is 2.69. The monoisotopic (exact) mass is 340 g/mol. The fourth-order valence-corrected chi connectivity index (χ4v) is 3.23. The van der Waals surface area contributed by atoms with Crippen molar-refractivity contribution in [2.45, 2.75) is 27.0 Å². The molecular formula is C14H17BrN2OS. The zero-order valence-corrected chi connectivity index (χ0v) is 13.7. The normalized spacial score (nSPS) is 10.7. The van der Waals surface area contributed by atoms with Gasteiger partial charge in [0.15, 0.2) is 0 Å². The van der Waals surface area contributed by atoms with E-state index in [1.807, 2.05) is 19.4 Å². The van der Waals surface area contributed by atoms with E-state index < -0.39 is 0 Å². The van der Waals surface area contributed by atoms with Crippen LogP contribution >= 0.6 is 27.3 Å². The maximum atomic E-state index is 5.96. The average Bonchev–Trinajstić information content (AvgIpc) is 2.74. The summed E-state index contributed by atoms with van der Waals surface area (Å²) in [6.45, 7) is 5.37. The quantitative estimate of drug-likeness (QED) is 0.898. The molecule has 0 aliphatic rings. The van der Waals surface area contributed by atoms with Gasteiger partial charge in [0.2, 0.25) is 0 Å². The number of hydrogen-bond acceptors (Lipinski definition) is 4. The molecule has 0 aliphatic heterocycles. The summed E-state index contributed by atoms with van der Waals surface area (Å²) < 4.78 is 7.04. The third-order valence-corrected chi connectivity index (χ3v) is 4.09. The smallest absolute Gasteiger partial charge is 0.140 e. The number of nitrogens with one attached hydrogen (secondary N) is 1. The summed E-state index contributed by atoms with van der Waals surface area (Å²) >= 11 is 5.16. The molecule has 1 aromatic heterocycles. The lowest BCUT2D eigenvalue weighted by atomic mass is 10.1. The lowest BCUT2D eigenvalue weighted by Crippen LogP contribution is -2.08. The first-order valence-corrected chi connectivity index (χ1v) is 7.75. The number of aromatic nitrogens is 1. The van der Waals surface area contributed by atoms with E-state index in [1.54, 1.807) is 11.3 Å². The lowest BCUT2D eigenvalue weighted by Gasteiger charge is -2.14. The molecule has 0 saturated heterocycles. The number of thiazole rings is 1. The second kappa shape index (κ2) is 6.50. The number of halogens is 1. The van der Waals surface area contributed by atoms with Crippen LogP contribution in [0.15, 0.2) is 22.0 Å². The second-order valence-corrected chi connectivity index (χ2v) is 6.27. The highest BCUT2D eigenvalue weighted by atomic mass is 79.9. The number of aryl methyl sites for hydroxylation is 2. The average molecular weight is 341 g/mol. The van der Waals surface area contributed by atoms with Crippen LogP contribution in [0.4, 0.5) is 0 Å². The van der Waals surface area contributed by atoms with Gasteiger partial charge in [0, 0.05) is 27.7 Å². The minimum absolute atomic E-state index is 0.525. The van der Waals surface area contributed by atoms with Crippen molar-refractivity contribution in [1.29, 1.82) is 0 Å². The van der Waals surface area contributed by atoms with E-state index in [2.05, 4.69) is 45.3 Å². The lowest BCUT2D eigenvalue weighted by molar-refractivity contribution is 0.299. The molecule has 0 fully saturated rings. The maximum Gasteiger partial charge on any atom is 0.140 e. The molecule has 0 bridgehead atoms. The molecule has 5 heteroatoms. The minimum atomic E-state index is 0.525. The van der Waals surface area contributed by atoms with E-state index in [1.165, 1.54) is 0 Å². The fourth-order valence-electron chi connectivity index (χ4n) is 1.93. The van der Waals surface area contributed by atoms with E-state index >= 15 is 0 Å². The van der Waals surface area contributed by atoms with Crippen LogP contribution in [0.2, 0.25) is 0 Å². The molecular weight excluding hydrogens is 324 g/mol. The van der Waals surface area contributed by atoms with Crippen LogP contribution in [0.3, 0.4) is 0 Å². The Balaban J connectivity index is 2.18. The number of ether oxygens (including phenoxy) is 1. The van der Waals surface area contributed by atoms with Gasteiger partial charge in [-0.15, -0.1) is 11.3 Å². The molecule has 0 spiro atoms. The predicted molar refractivity (Wildman–Crippen MR) is 82.8 cm³/mol. The fraction of sp³-hybridized carbons (Fsp3) is 0.357. The Morgan fingerprint density at radius 3 is 2.79 bits per heavy atom. The molecule has 3 nitrogen and oxygen atoms in total. The first-order valence-electron chi connectivity index (χ1n) is 6.07. The van der Waals surface area contributed by atoms with Crippen LogP contribution in [0.25, 0.3) is 0 Å². The second-order valence-electron chi connectivity index (χ2n) is 4.41. The Morgan fingerprint density at radius 2 is 2.16 bits per heavy atom. The molecule has 0 aliphatic carbocycles. The molecule has 1 aromatic carbocycles. The van der Waals surface area contributed by atoms with Gasteiger partial charge in [0.25, 0.3) is 0 Å². The predicted octanol–water partition coefficient (Wildman–Crippen LogP) is 3.82. The van der Waals surface area contributed by atoms with E-state index in [-0.39, 0.29) is 0 Å². The molecule has 2 rings (SSSR count). The number of rotatable bonds is 5. The summed E-state index contributed by atoms with van der Waals surface area (Å²) in [4.78, 5) is 4.42. The largest absolute Gasteiger partial charge is 0.486 e. The number of benzene rings is 1.